The van der Waals surface area contributed by atoms with Gasteiger partial charge in [-0.2, -0.15) is 8.42 Å². The van der Waals surface area contributed by atoms with Gasteiger partial charge in [-0.25, -0.2) is 9.18 Å². The number of aromatic carboxylic acids is 1. The molecule has 0 amide bonds. The van der Waals surface area contributed by atoms with E-state index in [4.69, 9.17) is 14.3 Å². The van der Waals surface area contributed by atoms with Gasteiger partial charge in [-0.1, -0.05) is 0 Å². The summed E-state index contributed by atoms with van der Waals surface area (Å²) in [6.07, 6.45) is 0. The van der Waals surface area contributed by atoms with Gasteiger partial charge in [0.2, 0.25) is 5.09 Å². The molecule has 7 nitrogen and oxygen atoms in total. The van der Waals surface area contributed by atoms with Gasteiger partial charge in [0.05, 0.1) is 18.4 Å². The van der Waals surface area contributed by atoms with E-state index in [0.29, 0.717) is 5.76 Å². The van der Waals surface area contributed by atoms with Crippen molar-refractivity contribution in [2.45, 2.75) is 12.0 Å². The Morgan fingerprint density at radius 2 is 2.05 bits per heavy atom. The highest BCUT2D eigenvalue weighted by Gasteiger charge is 2.22. The summed E-state index contributed by atoms with van der Waals surface area (Å²) in [5, 5.41) is 8.49. The summed E-state index contributed by atoms with van der Waals surface area (Å²) in [4.78, 5) is 10.9. The van der Waals surface area contributed by atoms with E-state index in [1.165, 1.54) is 19.2 Å². The van der Waals surface area contributed by atoms with Crippen LogP contribution in [0.4, 0.5) is 10.1 Å². The van der Waals surface area contributed by atoms with Crippen molar-refractivity contribution in [2.24, 2.45) is 0 Å². The number of methoxy groups -OCH3 is 1. The fourth-order valence-corrected chi connectivity index (χ4v) is 2.76. The van der Waals surface area contributed by atoms with Crippen LogP contribution in [0, 0.1) is 12.7 Å². The first-order chi connectivity index (χ1) is 10.2. The molecule has 0 aliphatic rings. The fourth-order valence-electron chi connectivity index (χ4n) is 1.72. The normalized spacial score (nSPS) is 11.2. The lowest BCUT2D eigenvalue weighted by atomic mass is 10.2. The van der Waals surface area contributed by atoms with Gasteiger partial charge in [0.15, 0.2) is 0 Å². The molecular formula is C13H12FNO6S. The molecule has 0 spiro atoms. The Kier molecular flexibility index (Phi) is 4.09. The van der Waals surface area contributed by atoms with E-state index in [-0.39, 0.29) is 16.5 Å². The number of hydrogen-bond acceptors (Lipinski definition) is 5. The first-order valence-electron chi connectivity index (χ1n) is 5.94. The van der Waals surface area contributed by atoms with Crippen molar-refractivity contribution in [1.29, 1.82) is 0 Å². The summed E-state index contributed by atoms with van der Waals surface area (Å²) in [6.45, 7) is 1.57. The number of anilines is 1. The van der Waals surface area contributed by atoms with E-state index in [9.17, 15) is 17.6 Å². The molecule has 22 heavy (non-hydrogen) atoms. The van der Waals surface area contributed by atoms with E-state index < -0.39 is 27.4 Å². The summed E-state index contributed by atoms with van der Waals surface area (Å²) in [6, 6.07) is 4.32. The summed E-state index contributed by atoms with van der Waals surface area (Å²) in [7, 11) is -2.88. The van der Waals surface area contributed by atoms with Gasteiger partial charge in [0.1, 0.15) is 17.3 Å². The van der Waals surface area contributed by atoms with Crippen molar-refractivity contribution < 1.29 is 31.9 Å². The molecule has 2 rings (SSSR count). The molecule has 1 aromatic carbocycles. The minimum atomic E-state index is -4.09. The molecule has 0 atom stereocenters. The van der Waals surface area contributed by atoms with Gasteiger partial charge >= 0.3 is 5.97 Å². The molecule has 0 unspecified atom stereocenters. The van der Waals surface area contributed by atoms with Crippen LogP contribution in [0.5, 0.6) is 5.75 Å². The van der Waals surface area contributed by atoms with Crippen LogP contribution in [0.1, 0.15) is 16.1 Å². The van der Waals surface area contributed by atoms with Crippen molar-refractivity contribution >= 4 is 21.7 Å². The lowest BCUT2D eigenvalue weighted by molar-refractivity contribution is 0.0691. The summed E-state index contributed by atoms with van der Waals surface area (Å²) >= 11 is 0. The summed E-state index contributed by atoms with van der Waals surface area (Å²) in [5.41, 5.74) is -0.868. The van der Waals surface area contributed by atoms with E-state index in [1.807, 2.05) is 0 Å². The van der Waals surface area contributed by atoms with Crippen LogP contribution >= 0.6 is 0 Å². The number of halogens is 1. The molecule has 0 aliphatic carbocycles. The quantitative estimate of drug-likeness (QED) is 0.871. The number of carboxylic acid groups (broad SMARTS) is 1. The third-order valence-corrected chi connectivity index (χ3v) is 3.98. The lowest BCUT2D eigenvalue weighted by Crippen LogP contribution is -2.14. The third-order valence-electron chi connectivity index (χ3n) is 2.74. The predicted molar refractivity (Wildman–Crippen MR) is 74.2 cm³/mol. The highest BCUT2D eigenvalue weighted by Crippen LogP contribution is 2.30. The molecule has 9 heteroatoms. The molecule has 0 aliphatic heterocycles. The van der Waals surface area contributed by atoms with Crippen LogP contribution in [-0.4, -0.2) is 26.6 Å². The zero-order chi connectivity index (χ0) is 16.5. The summed E-state index contributed by atoms with van der Waals surface area (Å²) < 4.78 is 49.9. The number of nitrogens with one attached hydrogen (secondary N) is 1. The number of sulfonamides is 1. The van der Waals surface area contributed by atoms with E-state index in [1.54, 1.807) is 6.92 Å². The average molecular weight is 329 g/mol. The zero-order valence-corrected chi connectivity index (χ0v) is 12.4. The Hall–Kier alpha value is -2.55. The average Bonchev–Trinajstić information content (AvgIpc) is 2.85. The molecule has 118 valence electrons. The summed E-state index contributed by atoms with van der Waals surface area (Å²) in [5.74, 6) is -2.33. The van der Waals surface area contributed by atoms with Gasteiger partial charge in [-0.05, 0) is 25.1 Å². The molecule has 1 aromatic heterocycles. The minimum absolute atomic E-state index is 0.134. The number of carbonyl (C=O) groups is 1. The van der Waals surface area contributed by atoms with Crippen molar-refractivity contribution in [3.8, 4) is 5.75 Å². The molecule has 2 N–H and O–H groups in total. The van der Waals surface area contributed by atoms with Crippen molar-refractivity contribution in [3.05, 3.63) is 41.4 Å². The largest absolute Gasteiger partial charge is 0.495 e. The van der Waals surface area contributed by atoms with Crippen LogP contribution in [0.2, 0.25) is 0 Å². The Morgan fingerprint density at radius 3 is 2.55 bits per heavy atom. The molecule has 2 aromatic rings. The van der Waals surface area contributed by atoms with Crippen LogP contribution < -0.4 is 9.46 Å². The van der Waals surface area contributed by atoms with Crippen molar-refractivity contribution in [2.75, 3.05) is 11.8 Å². The van der Waals surface area contributed by atoms with E-state index >= 15 is 0 Å². The Bertz CT molecular complexity index is 827. The van der Waals surface area contributed by atoms with E-state index in [2.05, 4.69) is 4.72 Å². The standard InChI is InChI=1S/C13H12FNO6S/c1-7-3-4-12(21-7)22(18,19)15-10-6-9(14)8(13(16)17)5-11(10)20-2/h3-6,15H,1-2H3,(H,16,17). The number of benzene rings is 1. The Labute approximate surface area is 125 Å². The molecule has 1 heterocycles. The van der Waals surface area contributed by atoms with Gasteiger partial charge in [-0.15, -0.1) is 0 Å². The van der Waals surface area contributed by atoms with Crippen LogP contribution in [0.25, 0.3) is 0 Å². The molecule has 0 saturated heterocycles. The second kappa shape index (κ2) is 5.68. The minimum Gasteiger partial charge on any atom is -0.495 e. The van der Waals surface area contributed by atoms with Gasteiger partial charge in [0, 0.05) is 6.07 Å². The highest BCUT2D eigenvalue weighted by atomic mass is 32.2. The Balaban J connectivity index is 2.45. The maximum Gasteiger partial charge on any atom is 0.338 e. The van der Waals surface area contributed by atoms with E-state index in [0.717, 1.165) is 12.1 Å². The zero-order valence-electron chi connectivity index (χ0n) is 11.6. The highest BCUT2D eigenvalue weighted by molar-refractivity contribution is 7.92. The maximum absolute atomic E-state index is 13.7. The number of ether oxygens (including phenoxy) is 1. The second-order valence-electron chi connectivity index (χ2n) is 4.31. The first-order valence-corrected chi connectivity index (χ1v) is 7.43. The lowest BCUT2D eigenvalue weighted by Gasteiger charge is -2.12. The first kappa shape index (κ1) is 15.8. The van der Waals surface area contributed by atoms with Crippen molar-refractivity contribution in [1.82, 2.24) is 0 Å². The number of hydrogen-bond donors (Lipinski definition) is 2. The molecule has 0 bridgehead atoms. The van der Waals surface area contributed by atoms with Gasteiger partial charge < -0.3 is 14.3 Å². The van der Waals surface area contributed by atoms with Gasteiger partial charge in [0.25, 0.3) is 10.0 Å². The predicted octanol–water partition coefficient (Wildman–Crippen LogP) is 2.23. The second-order valence-corrected chi connectivity index (χ2v) is 5.92. The topological polar surface area (TPSA) is 106 Å². The Morgan fingerprint density at radius 1 is 1.36 bits per heavy atom. The van der Waals surface area contributed by atoms with Crippen LogP contribution in [-0.2, 0) is 10.0 Å². The molecular weight excluding hydrogens is 317 g/mol. The number of aryl methyl sites for hydroxylation is 1. The van der Waals surface area contributed by atoms with Crippen LogP contribution in [0.15, 0.2) is 33.8 Å². The molecule has 0 saturated carbocycles. The fraction of sp³-hybridized carbons (Fsp3) is 0.154. The van der Waals surface area contributed by atoms with Crippen LogP contribution in [0.3, 0.4) is 0 Å². The SMILES string of the molecule is COc1cc(C(=O)O)c(F)cc1NS(=O)(=O)c1ccc(C)o1. The monoisotopic (exact) mass is 329 g/mol. The number of rotatable bonds is 5. The smallest absolute Gasteiger partial charge is 0.338 e. The van der Waals surface area contributed by atoms with Gasteiger partial charge in [-0.3, -0.25) is 4.72 Å². The molecule has 0 radical (unpaired) electrons. The number of furan rings is 1. The van der Waals surface area contributed by atoms with Crippen molar-refractivity contribution in [3.63, 3.8) is 0 Å². The third kappa shape index (κ3) is 3.03. The molecule has 0 fully saturated rings. The number of carboxylic acids is 1. The maximum atomic E-state index is 13.7.